The van der Waals surface area contributed by atoms with E-state index < -0.39 is 0 Å². The molecule has 0 radical (unpaired) electrons. The first-order valence-corrected chi connectivity index (χ1v) is 8.59. The summed E-state index contributed by atoms with van der Waals surface area (Å²) < 4.78 is 0. The van der Waals surface area contributed by atoms with Crippen LogP contribution in [0.3, 0.4) is 0 Å². The van der Waals surface area contributed by atoms with Gasteiger partial charge in [0.1, 0.15) is 6.04 Å². The molecular weight excluding hydrogens is 262 g/mol. The molecule has 2 unspecified atom stereocenters. The summed E-state index contributed by atoms with van der Waals surface area (Å²) in [5.41, 5.74) is 0. The van der Waals surface area contributed by atoms with E-state index in [-0.39, 0.29) is 18.0 Å². The normalized spacial score (nSPS) is 21.2. The maximum absolute atomic E-state index is 12.8. The van der Waals surface area contributed by atoms with E-state index in [2.05, 4.69) is 24.8 Å². The van der Waals surface area contributed by atoms with E-state index >= 15 is 0 Å². The van der Waals surface area contributed by atoms with Crippen molar-refractivity contribution in [3.05, 3.63) is 0 Å². The SMILES string of the molecule is CCCCN(CCCC)C1CCCCN(C(C)C#N)C1=O. The van der Waals surface area contributed by atoms with Crippen LogP contribution in [-0.2, 0) is 4.79 Å². The largest absolute Gasteiger partial charge is 0.326 e. The zero-order valence-corrected chi connectivity index (χ0v) is 14.0. The highest BCUT2D eigenvalue weighted by Gasteiger charge is 2.33. The number of hydrogen-bond donors (Lipinski definition) is 0. The molecule has 0 N–H and O–H groups in total. The minimum atomic E-state index is -0.308. The van der Waals surface area contributed by atoms with Crippen LogP contribution in [0.25, 0.3) is 0 Å². The van der Waals surface area contributed by atoms with E-state index in [4.69, 9.17) is 5.26 Å². The van der Waals surface area contributed by atoms with E-state index in [0.717, 1.165) is 64.6 Å². The van der Waals surface area contributed by atoms with Crippen molar-refractivity contribution >= 4 is 5.91 Å². The fourth-order valence-electron chi connectivity index (χ4n) is 2.98. The summed E-state index contributed by atoms with van der Waals surface area (Å²) in [5, 5.41) is 9.15. The lowest BCUT2D eigenvalue weighted by Crippen LogP contribution is -2.50. The molecule has 1 aliphatic rings. The van der Waals surface area contributed by atoms with Crippen molar-refractivity contribution in [1.82, 2.24) is 9.80 Å². The van der Waals surface area contributed by atoms with Crippen molar-refractivity contribution in [2.24, 2.45) is 0 Å². The average molecular weight is 293 g/mol. The predicted molar refractivity (Wildman–Crippen MR) is 85.8 cm³/mol. The zero-order valence-electron chi connectivity index (χ0n) is 14.0. The second kappa shape index (κ2) is 9.78. The van der Waals surface area contributed by atoms with Crippen LogP contribution in [0.2, 0.25) is 0 Å². The second-order valence-corrected chi connectivity index (χ2v) is 6.09. The molecule has 2 atom stereocenters. The summed E-state index contributed by atoms with van der Waals surface area (Å²) in [7, 11) is 0. The minimum Gasteiger partial charge on any atom is -0.326 e. The number of carbonyl (C=O) groups is 1. The van der Waals surface area contributed by atoms with Crippen molar-refractivity contribution in [1.29, 1.82) is 5.26 Å². The minimum absolute atomic E-state index is 0.0126. The molecular formula is C17H31N3O. The molecule has 0 aromatic carbocycles. The third kappa shape index (κ3) is 5.32. The van der Waals surface area contributed by atoms with Crippen LogP contribution < -0.4 is 0 Å². The van der Waals surface area contributed by atoms with E-state index in [0.29, 0.717) is 0 Å². The Balaban J connectivity index is 2.82. The van der Waals surface area contributed by atoms with Gasteiger partial charge in [0.15, 0.2) is 0 Å². The van der Waals surface area contributed by atoms with Crippen LogP contribution in [0.5, 0.6) is 0 Å². The van der Waals surface area contributed by atoms with Gasteiger partial charge in [-0.15, -0.1) is 0 Å². The van der Waals surface area contributed by atoms with E-state index in [1.165, 1.54) is 0 Å². The van der Waals surface area contributed by atoms with Crippen LogP contribution in [0.1, 0.15) is 65.7 Å². The van der Waals surface area contributed by atoms with Gasteiger partial charge >= 0.3 is 0 Å². The molecule has 1 rings (SSSR count). The molecule has 1 aliphatic heterocycles. The zero-order chi connectivity index (χ0) is 15.7. The first-order valence-electron chi connectivity index (χ1n) is 8.59. The molecule has 0 aromatic rings. The summed E-state index contributed by atoms with van der Waals surface area (Å²) in [6.45, 7) is 8.96. The molecule has 0 bridgehead atoms. The van der Waals surface area contributed by atoms with Crippen LogP contribution in [0, 0.1) is 11.3 Å². The lowest BCUT2D eigenvalue weighted by atomic mass is 10.1. The highest BCUT2D eigenvalue weighted by atomic mass is 16.2. The first-order chi connectivity index (χ1) is 10.2. The number of carbonyl (C=O) groups excluding carboxylic acids is 1. The van der Waals surface area contributed by atoms with Crippen LogP contribution in [0.4, 0.5) is 0 Å². The molecule has 4 nitrogen and oxygen atoms in total. The Morgan fingerprint density at radius 2 is 1.90 bits per heavy atom. The molecule has 0 spiro atoms. The monoisotopic (exact) mass is 293 g/mol. The topological polar surface area (TPSA) is 47.3 Å². The molecule has 0 aromatic heterocycles. The van der Waals surface area contributed by atoms with Crippen molar-refractivity contribution in [2.75, 3.05) is 19.6 Å². The standard InChI is InChI=1S/C17H31N3O/c1-4-6-11-19(12-7-5-2)16-10-8-9-13-20(17(16)21)15(3)14-18/h15-16H,4-13H2,1-3H3. The van der Waals surface area contributed by atoms with E-state index in [1.807, 2.05) is 6.92 Å². The number of hydrogen-bond acceptors (Lipinski definition) is 3. The maximum atomic E-state index is 12.8. The fraction of sp³-hybridized carbons (Fsp3) is 0.882. The number of nitrogens with zero attached hydrogens (tertiary/aromatic N) is 3. The van der Waals surface area contributed by atoms with Gasteiger partial charge in [-0.05, 0) is 52.1 Å². The maximum Gasteiger partial charge on any atom is 0.240 e. The van der Waals surface area contributed by atoms with Gasteiger partial charge in [-0.2, -0.15) is 5.26 Å². The first kappa shape index (κ1) is 18.0. The van der Waals surface area contributed by atoms with Crippen LogP contribution in [0.15, 0.2) is 0 Å². The smallest absolute Gasteiger partial charge is 0.240 e. The quantitative estimate of drug-likeness (QED) is 0.690. The molecule has 1 heterocycles. The van der Waals surface area contributed by atoms with Crippen molar-refractivity contribution in [2.45, 2.75) is 77.8 Å². The fourth-order valence-corrected chi connectivity index (χ4v) is 2.98. The summed E-state index contributed by atoms with van der Waals surface area (Å²) >= 11 is 0. The van der Waals surface area contributed by atoms with Gasteiger partial charge in [0.05, 0.1) is 12.1 Å². The second-order valence-electron chi connectivity index (χ2n) is 6.09. The number of unbranched alkanes of at least 4 members (excludes halogenated alkanes) is 2. The lowest BCUT2D eigenvalue weighted by molar-refractivity contribution is -0.137. The van der Waals surface area contributed by atoms with E-state index in [9.17, 15) is 4.79 Å². The number of rotatable bonds is 8. The van der Waals surface area contributed by atoms with Crippen molar-refractivity contribution in [3.63, 3.8) is 0 Å². The molecule has 120 valence electrons. The van der Waals surface area contributed by atoms with Crippen LogP contribution in [-0.4, -0.2) is 47.4 Å². The Labute approximate surface area is 130 Å². The predicted octanol–water partition coefficient (Wildman–Crippen LogP) is 3.18. The summed E-state index contributed by atoms with van der Waals surface area (Å²) in [4.78, 5) is 17.0. The van der Waals surface area contributed by atoms with Crippen molar-refractivity contribution < 1.29 is 4.79 Å². The Morgan fingerprint density at radius 3 is 2.43 bits per heavy atom. The molecule has 21 heavy (non-hydrogen) atoms. The highest BCUT2D eigenvalue weighted by Crippen LogP contribution is 2.20. The molecule has 0 aliphatic carbocycles. The summed E-state index contributed by atoms with van der Waals surface area (Å²) in [5.74, 6) is 0.175. The number of nitriles is 1. The third-order valence-corrected chi connectivity index (χ3v) is 4.39. The molecule has 1 saturated heterocycles. The van der Waals surface area contributed by atoms with E-state index in [1.54, 1.807) is 4.90 Å². The number of amides is 1. The molecule has 0 saturated carbocycles. The van der Waals surface area contributed by atoms with Crippen molar-refractivity contribution in [3.8, 4) is 6.07 Å². The molecule has 4 heteroatoms. The Kier molecular flexibility index (Phi) is 8.37. The Bertz CT molecular complexity index is 342. The van der Waals surface area contributed by atoms with Gasteiger partial charge in [0, 0.05) is 6.54 Å². The Hall–Kier alpha value is -1.08. The lowest BCUT2D eigenvalue weighted by Gasteiger charge is -2.33. The van der Waals surface area contributed by atoms with Gasteiger partial charge in [-0.25, -0.2) is 0 Å². The van der Waals surface area contributed by atoms with Gasteiger partial charge in [-0.3, -0.25) is 9.69 Å². The van der Waals surface area contributed by atoms with Gasteiger partial charge in [0.2, 0.25) is 5.91 Å². The molecule has 1 amide bonds. The van der Waals surface area contributed by atoms with Gasteiger partial charge in [0.25, 0.3) is 0 Å². The molecule has 1 fully saturated rings. The van der Waals surface area contributed by atoms with Gasteiger partial charge < -0.3 is 4.90 Å². The number of likely N-dealkylation sites (tertiary alicyclic amines) is 1. The summed E-state index contributed by atoms with van der Waals surface area (Å²) in [6, 6.07) is 1.90. The van der Waals surface area contributed by atoms with Crippen LogP contribution >= 0.6 is 0 Å². The average Bonchev–Trinajstić information content (AvgIpc) is 2.69. The highest BCUT2D eigenvalue weighted by molar-refractivity contribution is 5.82. The third-order valence-electron chi connectivity index (χ3n) is 4.39. The summed E-state index contributed by atoms with van der Waals surface area (Å²) in [6.07, 6.45) is 7.64. The Morgan fingerprint density at radius 1 is 1.29 bits per heavy atom. The van der Waals surface area contributed by atoms with Gasteiger partial charge in [-0.1, -0.05) is 26.7 Å².